The lowest BCUT2D eigenvalue weighted by atomic mass is 9.99. The standard InChI is InChI=1S/C18H19BrFN/c1-12(16-11-15(19)9-10-17(16)20)21-18(14-7-8-14)13-5-3-2-4-6-13/h2-6,9-12,14,18,21H,7-8H2,1H3. The molecule has 2 unspecified atom stereocenters. The zero-order valence-electron chi connectivity index (χ0n) is 12.0. The molecule has 2 aromatic carbocycles. The van der Waals surface area contributed by atoms with Crippen LogP contribution in [0.15, 0.2) is 53.0 Å². The van der Waals surface area contributed by atoms with Crippen molar-refractivity contribution < 1.29 is 4.39 Å². The van der Waals surface area contributed by atoms with Crippen molar-refractivity contribution in [3.63, 3.8) is 0 Å². The van der Waals surface area contributed by atoms with Crippen molar-refractivity contribution in [2.24, 2.45) is 5.92 Å². The van der Waals surface area contributed by atoms with Gasteiger partial charge in [-0.1, -0.05) is 46.3 Å². The maximum Gasteiger partial charge on any atom is 0.128 e. The van der Waals surface area contributed by atoms with Gasteiger partial charge in [0, 0.05) is 22.1 Å². The van der Waals surface area contributed by atoms with E-state index in [9.17, 15) is 4.39 Å². The minimum absolute atomic E-state index is 0.0201. The fraction of sp³-hybridized carbons (Fsp3) is 0.333. The minimum atomic E-state index is -0.152. The van der Waals surface area contributed by atoms with E-state index >= 15 is 0 Å². The highest BCUT2D eigenvalue weighted by Crippen LogP contribution is 2.42. The molecule has 1 fully saturated rings. The molecule has 1 saturated carbocycles. The Labute approximate surface area is 133 Å². The van der Waals surface area contributed by atoms with Gasteiger partial charge in [0.05, 0.1) is 0 Å². The van der Waals surface area contributed by atoms with Gasteiger partial charge in [-0.05, 0) is 49.4 Å². The lowest BCUT2D eigenvalue weighted by Crippen LogP contribution is -2.26. The lowest BCUT2D eigenvalue weighted by Gasteiger charge is -2.24. The summed E-state index contributed by atoms with van der Waals surface area (Å²) in [7, 11) is 0. The molecule has 1 aliphatic carbocycles. The highest BCUT2D eigenvalue weighted by atomic mass is 79.9. The van der Waals surface area contributed by atoms with E-state index in [0.717, 1.165) is 4.47 Å². The van der Waals surface area contributed by atoms with Crippen LogP contribution in [0.5, 0.6) is 0 Å². The van der Waals surface area contributed by atoms with Crippen molar-refractivity contribution in [1.29, 1.82) is 0 Å². The van der Waals surface area contributed by atoms with E-state index in [1.54, 1.807) is 6.07 Å². The molecular weight excluding hydrogens is 329 g/mol. The summed E-state index contributed by atoms with van der Waals surface area (Å²) < 4.78 is 14.9. The molecule has 0 amide bonds. The van der Waals surface area contributed by atoms with Crippen LogP contribution in [0.3, 0.4) is 0 Å². The van der Waals surface area contributed by atoms with E-state index in [-0.39, 0.29) is 11.9 Å². The van der Waals surface area contributed by atoms with Gasteiger partial charge in [0.15, 0.2) is 0 Å². The van der Waals surface area contributed by atoms with Crippen LogP contribution in [0.4, 0.5) is 4.39 Å². The van der Waals surface area contributed by atoms with Crippen molar-refractivity contribution in [3.05, 3.63) is 69.9 Å². The van der Waals surface area contributed by atoms with Gasteiger partial charge in [0.1, 0.15) is 5.82 Å². The van der Waals surface area contributed by atoms with Crippen LogP contribution in [0.1, 0.15) is 43.0 Å². The Kier molecular flexibility index (Phi) is 4.41. The van der Waals surface area contributed by atoms with Crippen molar-refractivity contribution >= 4 is 15.9 Å². The van der Waals surface area contributed by atoms with E-state index in [1.165, 1.54) is 24.5 Å². The van der Waals surface area contributed by atoms with E-state index in [4.69, 9.17) is 0 Å². The molecule has 3 rings (SSSR count). The number of benzene rings is 2. The third kappa shape index (κ3) is 3.53. The fourth-order valence-corrected chi connectivity index (χ4v) is 3.18. The Morgan fingerprint density at radius 1 is 1.14 bits per heavy atom. The summed E-state index contributed by atoms with van der Waals surface area (Å²) in [4.78, 5) is 0. The van der Waals surface area contributed by atoms with Gasteiger partial charge >= 0.3 is 0 Å². The summed E-state index contributed by atoms with van der Waals surface area (Å²) in [6, 6.07) is 15.9. The fourth-order valence-electron chi connectivity index (χ4n) is 2.80. The first-order chi connectivity index (χ1) is 10.1. The normalized spacial score (nSPS) is 17.5. The Morgan fingerprint density at radius 2 is 1.86 bits per heavy atom. The molecule has 2 atom stereocenters. The van der Waals surface area contributed by atoms with Crippen molar-refractivity contribution in [3.8, 4) is 0 Å². The molecule has 1 N–H and O–H groups in total. The Bertz CT molecular complexity index is 610. The Balaban J connectivity index is 1.81. The number of rotatable bonds is 5. The van der Waals surface area contributed by atoms with Crippen LogP contribution in [-0.2, 0) is 0 Å². The van der Waals surface area contributed by atoms with Crippen molar-refractivity contribution in [1.82, 2.24) is 5.32 Å². The van der Waals surface area contributed by atoms with Crippen molar-refractivity contribution in [2.45, 2.75) is 31.8 Å². The van der Waals surface area contributed by atoms with E-state index in [2.05, 4.69) is 45.5 Å². The van der Waals surface area contributed by atoms with Crippen LogP contribution < -0.4 is 5.32 Å². The quantitative estimate of drug-likeness (QED) is 0.764. The monoisotopic (exact) mass is 347 g/mol. The minimum Gasteiger partial charge on any atom is -0.303 e. The molecule has 0 bridgehead atoms. The zero-order valence-corrected chi connectivity index (χ0v) is 13.6. The van der Waals surface area contributed by atoms with Gasteiger partial charge in [-0.15, -0.1) is 0 Å². The molecule has 1 nitrogen and oxygen atoms in total. The summed E-state index contributed by atoms with van der Waals surface area (Å²) >= 11 is 3.42. The summed E-state index contributed by atoms with van der Waals surface area (Å²) in [6.45, 7) is 2.03. The smallest absolute Gasteiger partial charge is 0.128 e. The predicted molar refractivity (Wildman–Crippen MR) is 87.6 cm³/mol. The highest BCUT2D eigenvalue weighted by molar-refractivity contribution is 9.10. The summed E-state index contributed by atoms with van der Waals surface area (Å²) in [5.74, 6) is 0.519. The van der Waals surface area contributed by atoms with Gasteiger partial charge in [-0.2, -0.15) is 0 Å². The second-order valence-corrected chi connectivity index (χ2v) is 6.70. The molecule has 110 valence electrons. The summed E-state index contributed by atoms with van der Waals surface area (Å²) in [5, 5.41) is 3.62. The first kappa shape index (κ1) is 14.7. The Morgan fingerprint density at radius 3 is 2.52 bits per heavy atom. The van der Waals surface area contributed by atoms with Crippen LogP contribution in [-0.4, -0.2) is 0 Å². The molecule has 0 aromatic heterocycles. The van der Waals surface area contributed by atoms with Gasteiger partial charge in [-0.3, -0.25) is 0 Å². The molecule has 21 heavy (non-hydrogen) atoms. The molecule has 0 aliphatic heterocycles. The molecule has 1 aliphatic rings. The Hall–Kier alpha value is -1.19. The summed E-state index contributed by atoms with van der Waals surface area (Å²) in [5.41, 5.74) is 2.01. The molecule has 0 heterocycles. The van der Waals surface area contributed by atoms with Gasteiger partial charge in [0.2, 0.25) is 0 Å². The second-order valence-electron chi connectivity index (χ2n) is 5.78. The van der Waals surface area contributed by atoms with Crippen LogP contribution in [0.25, 0.3) is 0 Å². The van der Waals surface area contributed by atoms with Gasteiger partial charge in [-0.25, -0.2) is 4.39 Å². The van der Waals surface area contributed by atoms with E-state index in [0.29, 0.717) is 17.5 Å². The number of halogens is 2. The predicted octanol–water partition coefficient (Wildman–Crippen LogP) is 5.39. The maximum absolute atomic E-state index is 14.0. The molecular formula is C18H19BrFN. The first-order valence-corrected chi connectivity index (χ1v) is 8.20. The van der Waals surface area contributed by atoms with Gasteiger partial charge < -0.3 is 5.32 Å². The second kappa shape index (κ2) is 6.29. The average Bonchev–Trinajstić information content (AvgIpc) is 3.32. The van der Waals surface area contributed by atoms with E-state index in [1.807, 2.05) is 19.1 Å². The summed E-state index contributed by atoms with van der Waals surface area (Å²) in [6.07, 6.45) is 2.50. The van der Waals surface area contributed by atoms with Crippen LogP contribution >= 0.6 is 15.9 Å². The lowest BCUT2D eigenvalue weighted by molar-refractivity contribution is 0.417. The maximum atomic E-state index is 14.0. The zero-order chi connectivity index (χ0) is 14.8. The third-order valence-corrected chi connectivity index (χ3v) is 4.60. The molecule has 0 radical (unpaired) electrons. The van der Waals surface area contributed by atoms with Gasteiger partial charge in [0.25, 0.3) is 0 Å². The number of nitrogens with one attached hydrogen (secondary N) is 1. The van der Waals surface area contributed by atoms with Crippen molar-refractivity contribution in [2.75, 3.05) is 0 Å². The average molecular weight is 348 g/mol. The van der Waals surface area contributed by atoms with Crippen LogP contribution in [0, 0.1) is 11.7 Å². The highest BCUT2D eigenvalue weighted by Gasteiger charge is 2.33. The topological polar surface area (TPSA) is 12.0 Å². The largest absolute Gasteiger partial charge is 0.303 e. The third-order valence-electron chi connectivity index (χ3n) is 4.11. The SMILES string of the molecule is CC(NC(c1ccccc1)C1CC1)c1cc(Br)ccc1F. The van der Waals surface area contributed by atoms with Crippen LogP contribution in [0.2, 0.25) is 0 Å². The van der Waals surface area contributed by atoms with E-state index < -0.39 is 0 Å². The molecule has 0 spiro atoms. The first-order valence-electron chi connectivity index (χ1n) is 7.41. The molecule has 2 aromatic rings. The number of hydrogen-bond donors (Lipinski definition) is 1. The number of hydrogen-bond acceptors (Lipinski definition) is 1. The molecule has 0 saturated heterocycles. The molecule has 3 heteroatoms.